The minimum Gasteiger partial charge on any atom is -0.374 e. The van der Waals surface area contributed by atoms with Gasteiger partial charge in [0.1, 0.15) is 5.82 Å². The zero-order chi connectivity index (χ0) is 14.0. The molecule has 18 heavy (non-hydrogen) atoms. The van der Waals surface area contributed by atoms with Crippen LogP contribution in [0.15, 0.2) is 24.3 Å². The summed E-state index contributed by atoms with van der Waals surface area (Å²) < 4.78 is 35.8. The van der Waals surface area contributed by atoms with Crippen molar-refractivity contribution in [2.24, 2.45) is 5.73 Å². The number of rotatable bonds is 5. The number of sulfone groups is 1. The minimum atomic E-state index is -3.63. The van der Waals surface area contributed by atoms with Gasteiger partial charge in [-0.2, -0.15) is 0 Å². The lowest BCUT2D eigenvalue weighted by atomic mass is 9.95. The van der Waals surface area contributed by atoms with Gasteiger partial charge in [0.2, 0.25) is 0 Å². The van der Waals surface area contributed by atoms with Crippen molar-refractivity contribution in [2.75, 3.05) is 11.5 Å². The van der Waals surface area contributed by atoms with Gasteiger partial charge in [0.05, 0.1) is 5.75 Å². The molecule has 0 saturated carbocycles. The lowest BCUT2D eigenvalue weighted by Crippen LogP contribution is -2.46. The Morgan fingerprint density at radius 3 is 2.28 bits per heavy atom. The number of aliphatic hydroxyl groups is 1. The first kappa shape index (κ1) is 14.6. The smallest absolute Gasteiger partial charge is 0.255 e. The molecule has 0 radical (unpaired) electrons. The first-order valence-electron chi connectivity index (χ1n) is 5.20. The maximum Gasteiger partial charge on any atom is 0.255 e. The van der Waals surface area contributed by atoms with E-state index < -0.39 is 32.9 Å². The molecular formula is C11H14FNO4S. The largest absolute Gasteiger partial charge is 0.374 e. The molecule has 0 saturated heterocycles. The molecule has 0 heterocycles. The van der Waals surface area contributed by atoms with Gasteiger partial charge < -0.3 is 10.8 Å². The zero-order valence-electron chi connectivity index (χ0n) is 9.76. The number of nitrogens with two attached hydrogens (primary N) is 1. The molecule has 1 rings (SSSR count). The number of primary amides is 1. The van der Waals surface area contributed by atoms with Crippen LogP contribution < -0.4 is 5.73 Å². The van der Waals surface area contributed by atoms with Crippen LogP contribution in [0.5, 0.6) is 0 Å². The van der Waals surface area contributed by atoms with E-state index in [9.17, 15) is 22.7 Å². The van der Waals surface area contributed by atoms with Crippen molar-refractivity contribution in [1.82, 2.24) is 0 Å². The van der Waals surface area contributed by atoms with Gasteiger partial charge in [0.15, 0.2) is 15.4 Å². The van der Waals surface area contributed by atoms with E-state index in [1.807, 2.05) is 0 Å². The highest BCUT2D eigenvalue weighted by molar-refractivity contribution is 7.91. The summed E-state index contributed by atoms with van der Waals surface area (Å²) in [7, 11) is -3.63. The molecule has 0 aromatic heterocycles. The fourth-order valence-electron chi connectivity index (χ4n) is 1.44. The highest BCUT2D eigenvalue weighted by Gasteiger charge is 2.40. The summed E-state index contributed by atoms with van der Waals surface area (Å²) in [6, 6.07) is 4.29. The van der Waals surface area contributed by atoms with E-state index in [0.717, 1.165) is 24.3 Å². The van der Waals surface area contributed by atoms with Gasteiger partial charge in [-0.25, -0.2) is 12.8 Å². The molecule has 1 aromatic carbocycles. The van der Waals surface area contributed by atoms with Crippen molar-refractivity contribution in [2.45, 2.75) is 12.5 Å². The lowest BCUT2D eigenvalue weighted by molar-refractivity contribution is -0.135. The summed E-state index contributed by atoms with van der Waals surface area (Å²) in [6.07, 6.45) is 0. The molecule has 0 aliphatic heterocycles. The highest BCUT2D eigenvalue weighted by Crippen LogP contribution is 2.23. The monoisotopic (exact) mass is 275 g/mol. The van der Waals surface area contributed by atoms with E-state index in [2.05, 4.69) is 0 Å². The average molecular weight is 275 g/mol. The molecule has 0 bridgehead atoms. The number of hydrogen-bond acceptors (Lipinski definition) is 4. The van der Waals surface area contributed by atoms with Gasteiger partial charge in [-0.1, -0.05) is 19.1 Å². The standard InChI is InChI=1S/C11H14FNO4S/c1-2-18(16,17)7-11(15,10(13)14)8-3-5-9(12)6-4-8/h3-6,15H,2,7H2,1H3,(H2,13,14). The third-order valence-electron chi connectivity index (χ3n) is 2.60. The van der Waals surface area contributed by atoms with Crippen LogP contribution in [0.4, 0.5) is 4.39 Å². The molecule has 1 atom stereocenters. The average Bonchev–Trinajstić information content (AvgIpc) is 2.29. The molecule has 7 heteroatoms. The Kier molecular flexibility index (Phi) is 4.08. The third-order valence-corrected chi connectivity index (χ3v) is 4.34. The molecule has 5 nitrogen and oxygen atoms in total. The fraction of sp³-hybridized carbons (Fsp3) is 0.364. The number of benzene rings is 1. The number of carbonyl (C=O) groups excluding carboxylic acids is 1. The van der Waals surface area contributed by atoms with Crippen molar-refractivity contribution in [3.63, 3.8) is 0 Å². The van der Waals surface area contributed by atoms with Gasteiger partial charge >= 0.3 is 0 Å². The predicted molar refractivity (Wildman–Crippen MR) is 63.8 cm³/mol. The van der Waals surface area contributed by atoms with Gasteiger partial charge in [0, 0.05) is 5.75 Å². The summed E-state index contributed by atoms with van der Waals surface area (Å²) in [6.45, 7) is 1.39. The maximum atomic E-state index is 12.8. The predicted octanol–water partition coefficient (Wildman–Crippen LogP) is -0.0667. The van der Waals surface area contributed by atoms with Crippen LogP contribution in [0.1, 0.15) is 12.5 Å². The lowest BCUT2D eigenvalue weighted by Gasteiger charge is -2.24. The van der Waals surface area contributed by atoms with Crippen LogP contribution in [-0.2, 0) is 20.2 Å². The summed E-state index contributed by atoms with van der Waals surface area (Å²) in [4.78, 5) is 11.3. The number of halogens is 1. The molecule has 0 aliphatic carbocycles. The first-order valence-corrected chi connectivity index (χ1v) is 7.02. The third kappa shape index (κ3) is 3.05. The van der Waals surface area contributed by atoms with Gasteiger partial charge in [-0.05, 0) is 17.7 Å². The molecular weight excluding hydrogens is 261 g/mol. The highest BCUT2D eigenvalue weighted by atomic mass is 32.2. The molecule has 3 N–H and O–H groups in total. The molecule has 0 aliphatic rings. The quantitative estimate of drug-likeness (QED) is 0.786. The van der Waals surface area contributed by atoms with Crippen LogP contribution in [0.25, 0.3) is 0 Å². The molecule has 100 valence electrons. The van der Waals surface area contributed by atoms with E-state index in [1.54, 1.807) is 0 Å². The van der Waals surface area contributed by atoms with Crippen LogP contribution in [0.3, 0.4) is 0 Å². The Morgan fingerprint density at radius 2 is 1.89 bits per heavy atom. The van der Waals surface area contributed by atoms with Crippen LogP contribution >= 0.6 is 0 Å². The number of hydrogen-bond donors (Lipinski definition) is 2. The van der Waals surface area contributed by atoms with Gasteiger partial charge in [-0.3, -0.25) is 4.79 Å². The van der Waals surface area contributed by atoms with Crippen molar-refractivity contribution < 1.29 is 22.7 Å². The van der Waals surface area contributed by atoms with Crippen molar-refractivity contribution in [3.05, 3.63) is 35.6 Å². The Balaban J connectivity index is 3.24. The second-order valence-electron chi connectivity index (χ2n) is 3.91. The first-order chi connectivity index (χ1) is 8.21. The summed E-state index contributed by atoms with van der Waals surface area (Å²) >= 11 is 0. The number of amides is 1. The van der Waals surface area contributed by atoms with Crippen LogP contribution in [-0.4, -0.2) is 30.9 Å². The van der Waals surface area contributed by atoms with E-state index >= 15 is 0 Å². The maximum absolute atomic E-state index is 12.8. The van der Waals surface area contributed by atoms with Crippen molar-refractivity contribution >= 4 is 15.7 Å². The fourth-order valence-corrected chi connectivity index (χ4v) is 2.59. The molecule has 1 aromatic rings. The SMILES string of the molecule is CCS(=O)(=O)CC(O)(C(N)=O)c1ccc(F)cc1. The Morgan fingerprint density at radius 1 is 1.39 bits per heavy atom. The van der Waals surface area contributed by atoms with E-state index in [-0.39, 0.29) is 11.3 Å². The molecule has 0 spiro atoms. The summed E-state index contributed by atoms with van der Waals surface area (Å²) in [5.41, 5.74) is 2.66. The second kappa shape index (κ2) is 5.03. The van der Waals surface area contributed by atoms with Gasteiger partial charge in [-0.15, -0.1) is 0 Å². The number of carbonyl (C=O) groups is 1. The normalized spacial score (nSPS) is 15.1. The molecule has 1 unspecified atom stereocenters. The van der Waals surface area contributed by atoms with Crippen LogP contribution in [0.2, 0.25) is 0 Å². The van der Waals surface area contributed by atoms with E-state index in [4.69, 9.17) is 5.73 Å². The van der Waals surface area contributed by atoms with Crippen molar-refractivity contribution in [1.29, 1.82) is 0 Å². The summed E-state index contributed by atoms with van der Waals surface area (Å²) in [5, 5.41) is 10.1. The van der Waals surface area contributed by atoms with Gasteiger partial charge in [0.25, 0.3) is 5.91 Å². The Labute approximate surface area is 104 Å². The van der Waals surface area contributed by atoms with Crippen LogP contribution in [0, 0.1) is 5.82 Å². The molecule has 0 fully saturated rings. The summed E-state index contributed by atoms with van der Waals surface area (Å²) in [5.74, 6) is -2.81. The second-order valence-corrected chi connectivity index (χ2v) is 6.26. The topological polar surface area (TPSA) is 97.5 Å². The molecule has 1 amide bonds. The van der Waals surface area contributed by atoms with Crippen molar-refractivity contribution in [3.8, 4) is 0 Å². The Bertz CT molecular complexity index is 541. The van der Waals surface area contributed by atoms with E-state index in [1.165, 1.54) is 6.92 Å². The Hall–Kier alpha value is -1.47. The minimum absolute atomic E-state index is 0.0478. The van der Waals surface area contributed by atoms with E-state index in [0.29, 0.717) is 0 Å². The zero-order valence-corrected chi connectivity index (χ0v) is 10.6.